The van der Waals surface area contributed by atoms with E-state index in [1.54, 1.807) is 12.1 Å². The Morgan fingerprint density at radius 3 is 2.77 bits per heavy atom. The lowest BCUT2D eigenvalue weighted by Crippen LogP contribution is -2.34. The van der Waals surface area contributed by atoms with Crippen LogP contribution in [-0.4, -0.2) is 24.5 Å². The predicted octanol–water partition coefficient (Wildman–Crippen LogP) is 1.74. The fourth-order valence-electron chi connectivity index (χ4n) is 2.54. The number of aryl methyl sites for hydroxylation is 2. The Kier molecular flexibility index (Phi) is 3.98. The van der Waals surface area contributed by atoms with Crippen molar-refractivity contribution in [3.05, 3.63) is 45.9 Å². The van der Waals surface area contributed by atoms with Gasteiger partial charge in [-0.2, -0.15) is 4.72 Å². The van der Waals surface area contributed by atoms with Gasteiger partial charge in [-0.1, -0.05) is 6.07 Å². The number of nitrogens with one attached hydrogen (secondary N) is 1. The smallest absolute Gasteiger partial charge is 0.328 e. The predicted molar refractivity (Wildman–Crippen MR) is 81.3 cm³/mol. The lowest BCUT2D eigenvalue weighted by Gasteiger charge is -2.13. The summed E-state index contributed by atoms with van der Waals surface area (Å²) in [5, 5.41) is 10.8. The van der Waals surface area contributed by atoms with Crippen molar-refractivity contribution in [2.45, 2.75) is 30.2 Å². The minimum absolute atomic E-state index is 0.0922. The molecule has 8 heteroatoms. The molecule has 0 saturated heterocycles. The highest BCUT2D eigenvalue weighted by molar-refractivity contribution is 7.89. The lowest BCUT2D eigenvalue weighted by molar-refractivity contribution is -0.139. The Bertz CT molecular complexity index is 800. The van der Waals surface area contributed by atoms with Gasteiger partial charge >= 0.3 is 5.97 Å². The topological polar surface area (TPSA) is 96.4 Å². The number of aromatic nitrogens is 1. The molecular formula is C14H14N2O4S2. The van der Waals surface area contributed by atoms with Crippen molar-refractivity contribution in [1.29, 1.82) is 0 Å². The first-order chi connectivity index (χ1) is 10.5. The van der Waals surface area contributed by atoms with E-state index in [-0.39, 0.29) is 10.6 Å². The van der Waals surface area contributed by atoms with Crippen LogP contribution in [0, 0.1) is 0 Å². The number of carboxylic acids is 1. The average molecular weight is 338 g/mol. The largest absolute Gasteiger partial charge is 0.480 e. The van der Waals surface area contributed by atoms with Crippen LogP contribution >= 0.6 is 11.3 Å². The number of hydrogen-bond acceptors (Lipinski definition) is 5. The van der Waals surface area contributed by atoms with Crippen LogP contribution in [0.15, 0.2) is 34.0 Å². The molecule has 0 saturated carbocycles. The summed E-state index contributed by atoms with van der Waals surface area (Å²) in [6.45, 7) is 0. The summed E-state index contributed by atoms with van der Waals surface area (Å²) in [6, 6.07) is 3.57. The van der Waals surface area contributed by atoms with Crippen LogP contribution in [0.1, 0.15) is 29.3 Å². The van der Waals surface area contributed by atoms with Gasteiger partial charge in [0.15, 0.2) is 6.04 Å². The van der Waals surface area contributed by atoms with Gasteiger partial charge in [0.25, 0.3) is 0 Å². The average Bonchev–Trinajstić information content (AvgIpc) is 3.14. The quantitative estimate of drug-likeness (QED) is 0.865. The summed E-state index contributed by atoms with van der Waals surface area (Å²) in [6.07, 6.45) is 2.83. The number of nitrogens with zero attached hydrogens (tertiary/aromatic N) is 1. The van der Waals surface area contributed by atoms with E-state index >= 15 is 0 Å². The highest BCUT2D eigenvalue weighted by Gasteiger charge is 2.29. The minimum Gasteiger partial charge on any atom is -0.480 e. The highest BCUT2D eigenvalue weighted by Crippen LogP contribution is 2.25. The Morgan fingerprint density at radius 1 is 1.32 bits per heavy atom. The van der Waals surface area contributed by atoms with E-state index in [9.17, 15) is 18.3 Å². The molecule has 1 aliphatic rings. The molecule has 1 aliphatic carbocycles. The van der Waals surface area contributed by atoms with Gasteiger partial charge in [0, 0.05) is 5.38 Å². The minimum atomic E-state index is -3.92. The summed E-state index contributed by atoms with van der Waals surface area (Å²) in [5.41, 5.74) is 3.83. The fourth-order valence-corrected chi connectivity index (χ4v) is 4.33. The van der Waals surface area contributed by atoms with Crippen LogP contribution in [0.3, 0.4) is 0 Å². The number of hydrogen-bond donors (Lipinski definition) is 2. The molecule has 0 amide bonds. The first kappa shape index (κ1) is 15.1. The van der Waals surface area contributed by atoms with Crippen molar-refractivity contribution in [2.75, 3.05) is 0 Å². The standard InChI is InChI=1S/C14H14N2O4S2/c17-14(18)13(12-7-21-8-15-12)16-22(19,20)11-5-4-9-2-1-3-10(9)6-11/h4-8,13,16H,1-3H2,(H,17,18). The maximum absolute atomic E-state index is 12.4. The number of fused-ring (bicyclic) bond motifs is 1. The Morgan fingerprint density at radius 2 is 2.09 bits per heavy atom. The van der Waals surface area contributed by atoms with Gasteiger partial charge in [-0.05, 0) is 42.5 Å². The van der Waals surface area contributed by atoms with Gasteiger partial charge < -0.3 is 5.11 Å². The number of carboxylic acid groups (broad SMARTS) is 1. The molecule has 0 fully saturated rings. The molecule has 6 nitrogen and oxygen atoms in total. The Balaban J connectivity index is 1.91. The molecule has 116 valence electrons. The van der Waals surface area contributed by atoms with Crippen molar-refractivity contribution in [3.63, 3.8) is 0 Å². The lowest BCUT2D eigenvalue weighted by atomic mass is 10.1. The third kappa shape index (κ3) is 2.90. The maximum Gasteiger partial charge on any atom is 0.328 e. The second-order valence-corrected chi connectivity index (χ2v) is 7.52. The van der Waals surface area contributed by atoms with Gasteiger partial charge in [-0.15, -0.1) is 11.3 Å². The first-order valence-electron chi connectivity index (χ1n) is 6.72. The molecular weight excluding hydrogens is 324 g/mol. The van der Waals surface area contributed by atoms with Crippen molar-refractivity contribution in [2.24, 2.45) is 0 Å². The second-order valence-electron chi connectivity index (χ2n) is 5.09. The number of sulfonamides is 1. The van der Waals surface area contributed by atoms with Crippen LogP contribution in [-0.2, 0) is 27.7 Å². The van der Waals surface area contributed by atoms with Gasteiger partial charge in [-0.25, -0.2) is 13.4 Å². The fraction of sp³-hybridized carbons (Fsp3) is 0.286. The SMILES string of the molecule is O=C(O)C(NS(=O)(=O)c1ccc2c(c1)CCC2)c1cscn1. The molecule has 1 aromatic carbocycles. The van der Waals surface area contributed by atoms with E-state index in [1.165, 1.54) is 28.3 Å². The zero-order valence-electron chi connectivity index (χ0n) is 11.5. The Hall–Kier alpha value is -1.77. The molecule has 0 radical (unpaired) electrons. The van der Waals surface area contributed by atoms with E-state index in [4.69, 9.17) is 0 Å². The Labute approximate surface area is 131 Å². The zero-order chi connectivity index (χ0) is 15.7. The molecule has 1 unspecified atom stereocenters. The van der Waals surface area contributed by atoms with Crippen molar-refractivity contribution in [3.8, 4) is 0 Å². The molecule has 1 heterocycles. The van der Waals surface area contributed by atoms with Crippen molar-refractivity contribution >= 4 is 27.3 Å². The van der Waals surface area contributed by atoms with Crippen molar-refractivity contribution < 1.29 is 18.3 Å². The molecule has 2 N–H and O–H groups in total. The van der Waals surface area contributed by atoms with Gasteiger partial charge in [0.2, 0.25) is 10.0 Å². The highest BCUT2D eigenvalue weighted by atomic mass is 32.2. The molecule has 0 spiro atoms. The third-order valence-corrected chi connectivity index (χ3v) is 5.67. The van der Waals surface area contributed by atoms with Crippen LogP contribution in [0.25, 0.3) is 0 Å². The molecule has 2 aromatic rings. The number of thiazole rings is 1. The monoisotopic (exact) mass is 338 g/mol. The summed E-state index contributed by atoms with van der Waals surface area (Å²) >= 11 is 1.21. The van der Waals surface area contributed by atoms with Crippen LogP contribution in [0.4, 0.5) is 0 Å². The van der Waals surface area contributed by atoms with Gasteiger partial charge in [0.05, 0.1) is 16.1 Å². The number of benzene rings is 1. The summed E-state index contributed by atoms with van der Waals surface area (Å²) in [5.74, 6) is -1.28. The van der Waals surface area contributed by atoms with E-state index in [0.29, 0.717) is 0 Å². The van der Waals surface area contributed by atoms with Gasteiger partial charge in [-0.3, -0.25) is 4.79 Å². The summed E-state index contributed by atoms with van der Waals surface area (Å²) in [4.78, 5) is 15.3. The van der Waals surface area contributed by atoms with Gasteiger partial charge in [0.1, 0.15) is 0 Å². The van der Waals surface area contributed by atoms with E-state index < -0.39 is 22.0 Å². The third-order valence-electron chi connectivity index (χ3n) is 3.65. The molecule has 1 aromatic heterocycles. The molecule has 22 heavy (non-hydrogen) atoms. The van der Waals surface area contributed by atoms with E-state index in [2.05, 4.69) is 9.71 Å². The molecule has 0 bridgehead atoms. The molecule has 1 atom stereocenters. The van der Waals surface area contributed by atoms with Crippen LogP contribution in [0.2, 0.25) is 0 Å². The normalized spacial score (nSPS) is 15.5. The van der Waals surface area contributed by atoms with E-state index in [1.807, 2.05) is 0 Å². The second kappa shape index (κ2) is 5.79. The first-order valence-corrected chi connectivity index (χ1v) is 9.15. The zero-order valence-corrected chi connectivity index (χ0v) is 13.2. The molecule has 3 rings (SSSR count). The number of rotatable bonds is 5. The maximum atomic E-state index is 12.4. The number of aliphatic carboxylic acids is 1. The van der Waals surface area contributed by atoms with Crippen molar-refractivity contribution in [1.82, 2.24) is 9.71 Å². The molecule has 0 aliphatic heterocycles. The summed E-state index contributed by atoms with van der Waals surface area (Å²) in [7, 11) is -3.92. The van der Waals surface area contributed by atoms with Crippen LogP contribution < -0.4 is 4.72 Å². The summed E-state index contributed by atoms with van der Waals surface area (Å²) < 4.78 is 27.1. The number of carbonyl (C=O) groups is 1. The van der Waals surface area contributed by atoms with E-state index in [0.717, 1.165) is 30.4 Å². The van der Waals surface area contributed by atoms with Crippen LogP contribution in [0.5, 0.6) is 0 Å².